The number of rotatable bonds is 6. The van der Waals surface area contributed by atoms with Crippen molar-refractivity contribution >= 4 is 23.7 Å². The fraction of sp³-hybridized carbons (Fsp3) is 0.194. The van der Waals surface area contributed by atoms with Crippen LogP contribution in [0.1, 0.15) is 42.1 Å². The summed E-state index contributed by atoms with van der Waals surface area (Å²) in [7, 11) is 0. The first-order valence-electron chi connectivity index (χ1n) is 13.2. The third kappa shape index (κ3) is 5.63. The van der Waals surface area contributed by atoms with E-state index in [4.69, 9.17) is 4.74 Å². The number of nitrogens with zero attached hydrogens (tertiary/aromatic N) is 7. The van der Waals surface area contributed by atoms with Crippen LogP contribution in [0.15, 0.2) is 90.1 Å². The first-order valence-corrected chi connectivity index (χ1v) is 13.2. The van der Waals surface area contributed by atoms with Gasteiger partial charge in [-0.25, -0.2) is 14.4 Å². The van der Waals surface area contributed by atoms with Gasteiger partial charge < -0.3 is 4.74 Å². The lowest BCUT2D eigenvalue weighted by Gasteiger charge is -2.34. The van der Waals surface area contributed by atoms with E-state index in [1.54, 1.807) is 38.1 Å². The number of benzene rings is 3. The highest BCUT2D eigenvalue weighted by Crippen LogP contribution is 2.43. The van der Waals surface area contributed by atoms with Gasteiger partial charge in [0.25, 0.3) is 5.95 Å². The van der Waals surface area contributed by atoms with Crippen molar-refractivity contribution in [2.75, 3.05) is 16.3 Å². The Bertz CT molecular complexity index is 1770. The lowest BCUT2D eigenvalue weighted by Crippen LogP contribution is -2.32. The van der Waals surface area contributed by atoms with Crippen molar-refractivity contribution in [2.45, 2.75) is 32.7 Å². The molecule has 9 nitrogen and oxygen atoms in total. The number of ether oxygens (including phenoxy) is 1. The third-order valence-corrected chi connectivity index (χ3v) is 6.94. The molecule has 1 atom stereocenters. The molecule has 1 amide bonds. The van der Waals surface area contributed by atoms with Crippen molar-refractivity contribution in [3.8, 4) is 12.1 Å². The Kier molecular flexibility index (Phi) is 7.86. The molecule has 1 aliphatic heterocycles. The monoisotopic (exact) mass is 583 g/mol. The number of hydrogen-bond donors (Lipinski definition) is 0. The molecule has 0 bridgehead atoms. The Morgan fingerprint density at radius 3 is 2.37 bits per heavy atom. The largest absolute Gasteiger partial charge is 0.444 e. The molecule has 5 rings (SSSR count). The van der Waals surface area contributed by atoms with E-state index in [0.29, 0.717) is 16.8 Å². The van der Waals surface area contributed by atoms with E-state index in [1.807, 2.05) is 36.4 Å². The highest BCUT2D eigenvalue weighted by Gasteiger charge is 2.38. The summed E-state index contributed by atoms with van der Waals surface area (Å²) in [6.07, 6.45) is -5.33. The Morgan fingerprint density at radius 2 is 1.74 bits per heavy atom. The fourth-order valence-corrected chi connectivity index (χ4v) is 4.80. The van der Waals surface area contributed by atoms with E-state index in [-0.39, 0.29) is 36.3 Å². The molecule has 0 saturated heterocycles. The van der Waals surface area contributed by atoms with Crippen molar-refractivity contribution in [3.05, 3.63) is 112 Å². The van der Waals surface area contributed by atoms with Crippen LogP contribution >= 0.6 is 0 Å². The minimum Gasteiger partial charge on any atom is -0.444 e. The van der Waals surface area contributed by atoms with Crippen LogP contribution in [0, 0.1) is 22.7 Å². The molecule has 0 aliphatic carbocycles. The van der Waals surface area contributed by atoms with E-state index in [2.05, 4.69) is 16.2 Å². The van der Waals surface area contributed by atoms with E-state index < -0.39 is 23.9 Å². The number of carbonyl (C=O) groups excluding carboxylic acids is 1. The molecule has 2 heterocycles. The van der Waals surface area contributed by atoms with Gasteiger partial charge in [-0.3, -0.25) is 4.90 Å². The molecule has 4 aromatic rings. The van der Waals surface area contributed by atoms with Gasteiger partial charge in [-0.1, -0.05) is 48.5 Å². The maximum absolute atomic E-state index is 13.7. The number of aromatic nitrogens is 3. The fourth-order valence-electron chi connectivity index (χ4n) is 4.80. The molecule has 3 aromatic carbocycles. The predicted octanol–water partition coefficient (Wildman–Crippen LogP) is 6.87. The van der Waals surface area contributed by atoms with Gasteiger partial charge in [0.05, 0.1) is 28.8 Å². The maximum Gasteiger partial charge on any atom is 0.417 e. The molecule has 43 heavy (non-hydrogen) atoms. The van der Waals surface area contributed by atoms with Crippen LogP contribution < -0.4 is 9.80 Å². The summed E-state index contributed by atoms with van der Waals surface area (Å²) in [6.45, 7) is 3.45. The number of anilines is 3. The van der Waals surface area contributed by atoms with Crippen LogP contribution in [0.4, 0.5) is 35.5 Å². The van der Waals surface area contributed by atoms with Crippen molar-refractivity contribution in [2.24, 2.45) is 0 Å². The highest BCUT2D eigenvalue weighted by atomic mass is 19.4. The summed E-state index contributed by atoms with van der Waals surface area (Å²) in [5, 5.41) is 24.1. The molecule has 0 saturated carbocycles. The second kappa shape index (κ2) is 11.7. The van der Waals surface area contributed by atoms with Gasteiger partial charge in [0.15, 0.2) is 0 Å². The Balaban J connectivity index is 1.63. The molecule has 12 heteroatoms. The summed E-state index contributed by atoms with van der Waals surface area (Å²) in [6, 6.07) is 23.7. The lowest BCUT2D eigenvalue weighted by atomic mass is 9.95. The smallest absolute Gasteiger partial charge is 0.417 e. The van der Waals surface area contributed by atoms with Gasteiger partial charge in [-0.2, -0.15) is 28.7 Å². The van der Waals surface area contributed by atoms with E-state index in [1.165, 1.54) is 26.6 Å². The Labute approximate surface area is 245 Å². The first kappa shape index (κ1) is 28.9. The second-order valence-electron chi connectivity index (χ2n) is 9.57. The van der Waals surface area contributed by atoms with Gasteiger partial charge in [-0.15, -0.1) is 5.10 Å². The number of halogens is 3. The van der Waals surface area contributed by atoms with E-state index >= 15 is 0 Å². The average molecular weight is 584 g/mol. The summed E-state index contributed by atoms with van der Waals surface area (Å²) >= 11 is 0. The van der Waals surface area contributed by atoms with Crippen molar-refractivity contribution in [1.29, 1.82) is 10.5 Å². The molecule has 1 aromatic heterocycles. The molecule has 1 aliphatic rings. The molecule has 0 unspecified atom stereocenters. The van der Waals surface area contributed by atoms with Crippen molar-refractivity contribution in [3.63, 3.8) is 0 Å². The lowest BCUT2D eigenvalue weighted by molar-refractivity contribution is -0.137. The van der Waals surface area contributed by atoms with Gasteiger partial charge in [0.2, 0.25) is 5.95 Å². The van der Waals surface area contributed by atoms with Gasteiger partial charge >= 0.3 is 12.3 Å². The normalized spacial score (nSPS) is 14.5. The Morgan fingerprint density at radius 1 is 1.02 bits per heavy atom. The number of carbonyl (C=O) groups is 1. The van der Waals surface area contributed by atoms with Crippen LogP contribution in [0.2, 0.25) is 0 Å². The molecule has 0 spiro atoms. The van der Waals surface area contributed by atoms with Crippen LogP contribution in [-0.4, -0.2) is 27.4 Å². The first-order chi connectivity index (χ1) is 20.7. The second-order valence-corrected chi connectivity index (χ2v) is 9.57. The van der Waals surface area contributed by atoms with Gasteiger partial charge in [-0.05, 0) is 55.3 Å². The summed E-state index contributed by atoms with van der Waals surface area (Å²) in [5.41, 5.74) is 1.52. The standard InChI is InChI=1S/C31H24F3N7O2/c1-3-39(30(42)43-19-22-8-5-4-6-9-22)28-37-29-40(25-11-7-10-24(16-25)31(32,33)34)20(2)26(18-36)27(41(29)38-28)23-14-12-21(17-35)13-15-23/h4-16,27H,3,19H2,1-2H3/t27-/m1/s1. The number of amides is 1. The SMILES string of the molecule is CCN(C(=O)OCc1ccccc1)c1nc2n(n1)[C@H](c1ccc(C#N)cc1)C(C#N)=C(C)N2c1cccc(C(F)(F)F)c1. The quantitative estimate of drug-likeness (QED) is 0.244. The van der Waals surface area contributed by atoms with E-state index in [0.717, 1.165) is 17.7 Å². The average Bonchev–Trinajstić information content (AvgIpc) is 3.44. The van der Waals surface area contributed by atoms with Crippen LogP contribution in [0.25, 0.3) is 0 Å². The van der Waals surface area contributed by atoms with Crippen molar-refractivity contribution in [1.82, 2.24) is 14.8 Å². The predicted molar refractivity (Wildman–Crippen MR) is 151 cm³/mol. The topological polar surface area (TPSA) is 111 Å². The molecule has 0 radical (unpaired) electrons. The zero-order chi connectivity index (χ0) is 30.7. The van der Waals surface area contributed by atoms with Crippen LogP contribution in [-0.2, 0) is 17.5 Å². The molecular weight excluding hydrogens is 559 g/mol. The maximum atomic E-state index is 13.7. The van der Waals surface area contributed by atoms with Gasteiger partial charge in [0.1, 0.15) is 12.6 Å². The summed E-state index contributed by atoms with van der Waals surface area (Å²) in [4.78, 5) is 20.4. The highest BCUT2D eigenvalue weighted by molar-refractivity contribution is 5.85. The van der Waals surface area contributed by atoms with E-state index in [9.17, 15) is 28.5 Å². The van der Waals surface area contributed by atoms with Crippen molar-refractivity contribution < 1.29 is 22.7 Å². The minimum absolute atomic E-state index is 0.00715. The summed E-state index contributed by atoms with van der Waals surface area (Å²) < 4.78 is 47.9. The van der Waals surface area contributed by atoms with Gasteiger partial charge in [0, 0.05) is 17.9 Å². The van der Waals surface area contributed by atoms with Crippen LogP contribution in [0.5, 0.6) is 0 Å². The number of nitriles is 2. The summed E-state index contributed by atoms with van der Waals surface area (Å²) in [5.74, 6) is 0.0349. The zero-order valence-corrected chi connectivity index (χ0v) is 23.1. The number of allylic oxidation sites excluding steroid dienone is 2. The third-order valence-electron chi connectivity index (χ3n) is 6.94. The number of alkyl halides is 3. The minimum atomic E-state index is -4.60. The van der Waals surface area contributed by atoms with Crippen LogP contribution in [0.3, 0.4) is 0 Å². The molecule has 0 N–H and O–H groups in total. The Hall–Kier alpha value is -5.62. The molecule has 216 valence electrons. The molecular formula is C31H24F3N7O2. The number of hydrogen-bond acceptors (Lipinski definition) is 7. The zero-order valence-electron chi connectivity index (χ0n) is 23.1. The number of fused-ring (bicyclic) bond motifs is 1. The molecule has 0 fully saturated rings.